The van der Waals surface area contributed by atoms with E-state index in [1.54, 1.807) is 12.4 Å². The second-order valence-corrected chi connectivity index (χ2v) is 6.57. The molecule has 0 saturated heterocycles. The Morgan fingerprint density at radius 1 is 1.05 bits per heavy atom. The molecule has 1 aromatic heterocycles. The van der Waals surface area contributed by atoms with Crippen molar-refractivity contribution in [3.05, 3.63) is 59.9 Å². The summed E-state index contributed by atoms with van der Waals surface area (Å²) in [6.07, 6.45) is 4.42. The molecule has 1 atom stereocenters. The van der Waals surface area contributed by atoms with Crippen molar-refractivity contribution < 1.29 is 9.84 Å². The van der Waals surface area contributed by atoms with Gasteiger partial charge in [-0.2, -0.15) is 0 Å². The van der Waals surface area contributed by atoms with Crippen molar-refractivity contribution in [1.29, 1.82) is 0 Å². The van der Waals surface area contributed by atoms with Crippen molar-refractivity contribution >= 4 is 0 Å². The van der Waals surface area contributed by atoms with Crippen molar-refractivity contribution in [2.24, 2.45) is 5.41 Å². The first-order valence-corrected chi connectivity index (χ1v) is 7.76. The highest BCUT2D eigenvalue weighted by Crippen LogP contribution is 2.44. The summed E-state index contributed by atoms with van der Waals surface area (Å²) in [5.74, 6) is 0.827. The lowest BCUT2D eigenvalue weighted by atomic mass is 9.69. The molecule has 0 bridgehead atoms. The highest BCUT2D eigenvalue weighted by molar-refractivity contribution is 5.39. The van der Waals surface area contributed by atoms with E-state index in [9.17, 15) is 5.11 Å². The van der Waals surface area contributed by atoms with Gasteiger partial charge in [-0.25, -0.2) is 0 Å². The molecule has 3 heteroatoms. The lowest BCUT2D eigenvalue weighted by Gasteiger charge is -2.41. The predicted molar refractivity (Wildman–Crippen MR) is 88.9 cm³/mol. The third kappa shape index (κ3) is 3.14. The predicted octanol–water partition coefficient (Wildman–Crippen LogP) is 4.15. The monoisotopic (exact) mass is 299 g/mol. The summed E-state index contributed by atoms with van der Waals surface area (Å²) < 4.78 is 5.62. The van der Waals surface area contributed by atoms with Gasteiger partial charge in [0.2, 0.25) is 0 Å². The standard InChI is InChI=1S/C19H25NO2/c1-5-13-22-17-10-8-15(9-11-17)19(21,18(2,3)4)16-7-6-12-20-14-16/h6-12,14,21H,5,13H2,1-4H3. The SMILES string of the molecule is CCCOc1ccc(C(O)(c2cccnc2)C(C)(C)C)cc1. The maximum atomic E-state index is 11.5. The first-order chi connectivity index (χ1) is 10.4. The van der Waals surface area contributed by atoms with E-state index in [2.05, 4.69) is 11.9 Å². The van der Waals surface area contributed by atoms with E-state index in [0.29, 0.717) is 6.61 Å². The Kier molecular flexibility index (Phi) is 4.87. The van der Waals surface area contributed by atoms with E-state index in [4.69, 9.17) is 4.74 Å². The number of nitrogens with zero attached hydrogens (tertiary/aromatic N) is 1. The molecule has 2 rings (SSSR count). The molecule has 1 aromatic carbocycles. The highest BCUT2D eigenvalue weighted by Gasteiger charge is 2.43. The van der Waals surface area contributed by atoms with Gasteiger partial charge in [-0.1, -0.05) is 45.9 Å². The fraction of sp³-hybridized carbons (Fsp3) is 0.421. The third-order valence-corrected chi connectivity index (χ3v) is 3.91. The lowest BCUT2D eigenvalue weighted by Crippen LogP contribution is -2.41. The number of aliphatic hydroxyl groups is 1. The number of hydrogen-bond acceptors (Lipinski definition) is 3. The largest absolute Gasteiger partial charge is 0.494 e. The Morgan fingerprint density at radius 2 is 1.73 bits per heavy atom. The van der Waals surface area contributed by atoms with Crippen LogP contribution in [0, 0.1) is 5.41 Å². The molecule has 0 saturated carbocycles. The number of benzene rings is 1. The van der Waals surface area contributed by atoms with Crippen LogP contribution in [0.15, 0.2) is 48.8 Å². The smallest absolute Gasteiger partial charge is 0.121 e. The molecule has 0 fully saturated rings. The van der Waals surface area contributed by atoms with Crippen LogP contribution in [0.5, 0.6) is 5.75 Å². The molecule has 0 radical (unpaired) electrons. The van der Waals surface area contributed by atoms with Gasteiger partial charge in [0.1, 0.15) is 11.4 Å². The van der Waals surface area contributed by atoms with Crippen LogP contribution in [0.25, 0.3) is 0 Å². The van der Waals surface area contributed by atoms with Crippen LogP contribution in [0.3, 0.4) is 0 Å². The summed E-state index contributed by atoms with van der Waals surface area (Å²) in [5.41, 5.74) is 0.161. The zero-order chi connectivity index (χ0) is 16.2. The number of aromatic nitrogens is 1. The van der Waals surface area contributed by atoms with E-state index in [1.165, 1.54) is 0 Å². The zero-order valence-corrected chi connectivity index (χ0v) is 13.8. The maximum Gasteiger partial charge on any atom is 0.121 e. The van der Waals surface area contributed by atoms with E-state index >= 15 is 0 Å². The van der Waals surface area contributed by atoms with Crippen LogP contribution >= 0.6 is 0 Å². The molecule has 0 aliphatic carbocycles. The molecule has 0 aliphatic rings. The molecule has 1 N–H and O–H groups in total. The van der Waals surface area contributed by atoms with Crippen LogP contribution in [-0.2, 0) is 5.60 Å². The van der Waals surface area contributed by atoms with Gasteiger partial charge in [0, 0.05) is 18.0 Å². The molecular formula is C19H25NO2. The fourth-order valence-electron chi connectivity index (χ4n) is 2.62. The second-order valence-electron chi connectivity index (χ2n) is 6.57. The molecule has 1 heterocycles. The van der Waals surface area contributed by atoms with Crippen LogP contribution in [0.1, 0.15) is 45.2 Å². The van der Waals surface area contributed by atoms with E-state index in [1.807, 2.05) is 57.2 Å². The second kappa shape index (κ2) is 6.49. The average Bonchev–Trinajstić information content (AvgIpc) is 2.52. The van der Waals surface area contributed by atoms with Crippen LogP contribution < -0.4 is 4.74 Å². The number of hydrogen-bond donors (Lipinski definition) is 1. The summed E-state index contributed by atoms with van der Waals surface area (Å²) in [4.78, 5) is 4.16. The van der Waals surface area contributed by atoms with E-state index < -0.39 is 5.60 Å². The summed E-state index contributed by atoms with van der Waals surface area (Å²) in [7, 11) is 0. The number of rotatable bonds is 5. The lowest BCUT2D eigenvalue weighted by molar-refractivity contribution is -0.0262. The van der Waals surface area contributed by atoms with Crippen molar-refractivity contribution in [2.75, 3.05) is 6.61 Å². The minimum Gasteiger partial charge on any atom is -0.494 e. The van der Waals surface area contributed by atoms with Gasteiger partial charge in [-0.05, 0) is 35.6 Å². The molecule has 118 valence electrons. The zero-order valence-electron chi connectivity index (χ0n) is 13.8. The summed E-state index contributed by atoms with van der Waals surface area (Å²) in [5, 5.41) is 11.5. The minimum atomic E-state index is -1.11. The first-order valence-electron chi connectivity index (χ1n) is 7.76. The Hall–Kier alpha value is -1.87. The quantitative estimate of drug-likeness (QED) is 0.901. The van der Waals surface area contributed by atoms with Crippen molar-refractivity contribution in [2.45, 2.75) is 39.7 Å². The molecule has 2 aromatic rings. The molecule has 0 amide bonds. The Labute approximate surface area is 133 Å². The van der Waals surface area contributed by atoms with Crippen molar-refractivity contribution in [1.82, 2.24) is 4.98 Å². The van der Waals surface area contributed by atoms with Gasteiger partial charge in [0.05, 0.1) is 6.61 Å². The van der Waals surface area contributed by atoms with E-state index in [0.717, 1.165) is 23.3 Å². The molecule has 0 aliphatic heterocycles. The third-order valence-electron chi connectivity index (χ3n) is 3.91. The highest BCUT2D eigenvalue weighted by atomic mass is 16.5. The van der Waals surface area contributed by atoms with Gasteiger partial charge < -0.3 is 9.84 Å². The topological polar surface area (TPSA) is 42.4 Å². The van der Waals surface area contributed by atoms with Gasteiger partial charge in [-0.15, -0.1) is 0 Å². The van der Waals surface area contributed by atoms with Gasteiger partial charge in [0.25, 0.3) is 0 Å². The van der Waals surface area contributed by atoms with Crippen molar-refractivity contribution in [3.63, 3.8) is 0 Å². The molecule has 22 heavy (non-hydrogen) atoms. The van der Waals surface area contributed by atoms with Crippen molar-refractivity contribution in [3.8, 4) is 5.75 Å². The molecule has 1 unspecified atom stereocenters. The van der Waals surface area contributed by atoms with Crippen LogP contribution in [-0.4, -0.2) is 16.7 Å². The molecule has 0 spiro atoms. The summed E-state index contributed by atoms with van der Waals surface area (Å²) in [6.45, 7) is 8.87. The Balaban J connectivity index is 2.43. The van der Waals surface area contributed by atoms with E-state index in [-0.39, 0.29) is 5.41 Å². The molecular weight excluding hydrogens is 274 g/mol. The van der Waals surface area contributed by atoms with Gasteiger partial charge in [0.15, 0.2) is 0 Å². The van der Waals surface area contributed by atoms with Crippen LogP contribution in [0.4, 0.5) is 0 Å². The van der Waals surface area contributed by atoms with Gasteiger partial charge >= 0.3 is 0 Å². The Morgan fingerprint density at radius 3 is 2.23 bits per heavy atom. The summed E-state index contributed by atoms with van der Waals surface area (Å²) in [6, 6.07) is 11.5. The number of pyridine rings is 1. The number of ether oxygens (including phenoxy) is 1. The average molecular weight is 299 g/mol. The van der Waals surface area contributed by atoms with Crippen LogP contribution in [0.2, 0.25) is 0 Å². The molecule has 3 nitrogen and oxygen atoms in total. The minimum absolute atomic E-state index is 0.373. The maximum absolute atomic E-state index is 11.5. The van der Waals surface area contributed by atoms with Gasteiger partial charge in [-0.3, -0.25) is 4.98 Å². The normalized spacial score (nSPS) is 14.4. The first kappa shape index (κ1) is 16.5. The summed E-state index contributed by atoms with van der Waals surface area (Å²) >= 11 is 0. The Bertz CT molecular complexity index is 587. The fourth-order valence-corrected chi connectivity index (χ4v) is 2.62.